The van der Waals surface area contributed by atoms with E-state index in [0.29, 0.717) is 11.3 Å². The van der Waals surface area contributed by atoms with E-state index in [2.05, 4.69) is 25.6 Å². The third kappa shape index (κ3) is 4.33. The molecule has 0 unspecified atom stereocenters. The lowest BCUT2D eigenvalue weighted by atomic mass is 10.1. The molecule has 0 radical (unpaired) electrons. The van der Waals surface area contributed by atoms with Crippen LogP contribution in [-0.2, 0) is 6.54 Å². The highest BCUT2D eigenvalue weighted by Gasteiger charge is 2.27. The number of benzene rings is 1. The minimum absolute atomic E-state index is 0.0191. The molecule has 1 aliphatic carbocycles. The number of rotatable bonds is 6. The van der Waals surface area contributed by atoms with Crippen molar-refractivity contribution in [2.24, 2.45) is 0 Å². The molecule has 5 rings (SSSR count). The summed E-state index contributed by atoms with van der Waals surface area (Å²) in [6.07, 6.45) is 4.67. The number of aromatic amines is 1. The van der Waals surface area contributed by atoms with E-state index in [1.54, 1.807) is 36.5 Å². The molecule has 4 aromatic rings. The van der Waals surface area contributed by atoms with Gasteiger partial charge in [-0.1, -0.05) is 12.1 Å². The van der Waals surface area contributed by atoms with Crippen molar-refractivity contribution in [2.45, 2.75) is 25.4 Å². The van der Waals surface area contributed by atoms with Crippen molar-refractivity contribution in [3.05, 3.63) is 98.6 Å². The van der Waals surface area contributed by atoms with Gasteiger partial charge in [-0.15, -0.1) is 0 Å². The number of hydrogen-bond donors (Lipinski definition) is 3. The fourth-order valence-corrected chi connectivity index (χ4v) is 3.65. The smallest absolute Gasteiger partial charge is 0.330 e. The van der Waals surface area contributed by atoms with Crippen LogP contribution in [0.1, 0.15) is 45.3 Å². The monoisotopic (exact) mass is 456 g/mol. The van der Waals surface area contributed by atoms with E-state index in [1.165, 1.54) is 16.8 Å². The topological polar surface area (TPSA) is 139 Å². The van der Waals surface area contributed by atoms with E-state index in [1.807, 2.05) is 12.1 Å². The van der Waals surface area contributed by atoms with Crippen LogP contribution in [0.2, 0.25) is 0 Å². The molecular formula is C24H20N6O4. The highest BCUT2D eigenvalue weighted by Crippen LogP contribution is 2.34. The zero-order chi connectivity index (χ0) is 23.7. The fourth-order valence-electron chi connectivity index (χ4n) is 3.65. The average Bonchev–Trinajstić information content (AvgIpc) is 3.68. The van der Waals surface area contributed by atoms with Crippen molar-refractivity contribution >= 4 is 28.5 Å². The standard InChI is InChI=1S/C24H20N6O4/c31-21(27-13-17-5-1-2-9-25-17)14-4-3-6-16(10-14)28-22(32)15-11-19-20(26-12-15)30(18-7-8-18)24(34)29-23(19)33/h1-6,9-12,18H,7-8,13H2,(H,27,31)(H,28,32)(H,29,33,34). The number of aromatic nitrogens is 4. The second-order valence-electron chi connectivity index (χ2n) is 7.99. The van der Waals surface area contributed by atoms with E-state index >= 15 is 0 Å². The maximum atomic E-state index is 12.8. The van der Waals surface area contributed by atoms with Gasteiger partial charge in [0.25, 0.3) is 17.4 Å². The summed E-state index contributed by atoms with van der Waals surface area (Å²) in [5.41, 5.74) is 0.839. The molecule has 34 heavy (non-hydrogen) atoms. The maximum absolute atomic E-state index is 12.8. The van der Waals surface area contributed by atoms with Crippen LogP contribution in [-0.4, -0.2) is 31.3 Å². The van der Waals surface area contributed by atoms with Gasteiger partial charge in [-0.2, -0.15) is 0 Å². The Hall–Kier alpha value is -4.60. The molecule has 3 heterocycles. The average molecular weight is 456 g/mol. The summed E-state index contributed by atoms with van der Waals surface area (Å²) >= 11 is 0. The van der Waals surface area contributed by atoms with Crippen LogP contribution in [0, 0.1) is 0 Å². The number of anilines is 1. The van der Waals surface area contributed by atoms with E-state index in [-0.39, 0.29) is 35.1 Å². The van der Waals surface area contributed by atoms with Gasteiger partial charge in [-0.05, 0) is 49.2 Å². The number of pyridine rings is 2. The van der Waals surface area contributed by atoms with E-state index in [9.17, 15) is 19.2 Å². The Morgan fingerprint density at radius 3 is 2.62 bits per heavy atom. The highest BCUT2D eigenvalue weighted by molar-refractivity contribution is 6.06. The van der Waals surface area contributed by atoms with E-state index in [0.717, 1.165) is 18.5 Å². The van der Waals surface area contributed by atoms with Gasteiger partial charge < -0.3 is 10.6 Å². The predicted molar refractivity (Wildman–Crippen MR) is 125 cm³/mol. The molecule has 3 aromatic heterocycles. The predicted octanol–water partition coefficient (Wildman–Crippen LogP) is 2.00. The lowest BCUT2D eigenvalue weighted by molar-refractivity contribution is 0.0949. The van der Waals surface area contributed by atoms with Crippen LogP contribution in [0.15, 0.2) is 70.5 Å². The molecule has 1 fully saturated rings. The fraction of sp³-hybridized carbons (Fsp3) is 0.167. The summed E-state index contributed by atoms with van der Waals surface area (Å²) in [5, 5.41) is 5.68. The zero-order valence-corrected chi connectivity index (χ0v) is 17.9. The number of nitrogens with zero attached hydrogens (tertiary/aromatic N) is 3. The van der Waals surface area contributed by atoms with E-state index in [4.69, 9.17) is 0 Å². The van der Waals surface area contributed by atoms with Gasteiger partial charge >= 0.3 is 5.69 Å². The Morgan fingerprint density at radius 1 is 1.00 bits per heavy atom. The minimum Gasteiger partial charge on any atom is -0.346 e. The Bertz CT molecular complexity index is 1520. The number of hydrogen-bond acceptors (Lipinski definition) is 6. The molecule has 0 spiro atoms. The summed E-state index contributed by atoms with van der Waals surface area (Å²) < 4.78 is 1.46. The zero-order valence-electron chi connectivity index (χ0n) is 17.9. The van der Waals surface area contributed by atoms with Gasteiger partial charge in [0.15, 0.2) is 0 Å². The van der Waals surface area contributed by atoms with Crippen molar-refractivity contribution in [1.82, 2.24) is 24.8 Å². The maximum Gasteiger partial charge on any atom is 0.330 e. The summed E-state index contributed by atoms with van der Waals surface area (Å²) in [7, 11) is 0. The molecule has 0 aliphatic heterocycles. The van der Waals surface area contributed by atoms with Gasteiger partial charge in [-0.3, -0.25) is 28.9 Å². The first-order chi connectivity index (χ1) is 16.5. The number of H-pyrrole nitrogens is 1. The Morgan fingerprint density at radius 2 is 1.85 bits per heavy atom. The Labute approximate surface area is 192 Å². The van der Waals surface area contributed by atoms with Gasteiger partial charge in [0.2, 0.25) is 0 Å². The molecule has 0 saturated heterocycles. The molecule has 10 heteroatoms. The summed E-state index contributed by atoms with van der Waals surface area (Å²) in [6.45, 7) is 0.277. The van der Waals surface area contributed by atoms with Crippen LogP contribution in [0.25, 0.3) is 11.0 Å². The molecule has 1 saturated carbocycles. The highest BCUT2D eigenvalue weighted by atomic mass is 16.2. The quantitative estimate of drug-likeness (QED) is 0.406. The van der Waals surface area contributed by atoms with Gasteiger partial charge in [-0.25, -0.2) is 9.78 Å². The summed E-state index contributed by atoms with van der Waals surface area (Å²) in [6, 6.07) is 13.4. The largest absolute Gasteiger partial charge is 0.346 e. The third-order valence-electron chi connectivity index (χ3n) is 5.49. The van der Waals surface area contributed by atoms with Crippen LogP contribution >= 0.6 is 0 Å². The Balaban J connectivity index is 1.34. The second kappa shape index (κ2) is 8.74. The number of amides is 2. The van der Waals surface area contributed by atoms with Crippen molar-refractivity contribution < 1.29 is 9.59 Å². The van der Waals surface area contributed by atoms with Crippen molar-refractivity contribution in [3.8, 4) is 0 Å². The summed E-state index contributed by atoms with van der Waals surface area (Å²) in [4.78, 5) is 60.5. The van der Waals surface area contributed by atoms with Gasteiger partial charge in [0.1, 0.15) is 5.65 Å². The van der Waals surface area contributed by atoms with Crippen molar-refractivity contribution in [2.75, 3.05) is 5.32 Å². The first kappa shape index (κ1) is 21.3. The molecule has 3 N–H and O–H groups in total. The first-order valence-corrected chi connectivity index (χ1v) is 10.7. The normalized spacial score (nSPS) is 12.9. The molecule has 170 valence electrons. The second-order valence-corrected chi connectivity index (χ2v) is 7.99. The number of carbonyl (C=O) groups is 2. The van der Waals surface area contributed by atoms with Crippen LogP contribution < -0.4 is 21.9 Å². The van der Waals surface area contributed by atoms with Crippen molar-refractivity contribution in [1.29, 1.82) is 0 Å². The summed E-state index contributed by atoms with van der Waals surface area (Å²) in [5.74, 6) is -0.803. The van der Waals surface area contributed by atoms with Crippen molar-refractivity contribution in [3.63, 3.8) is 0 Å². The van der Waals surface area contributed by atoms with Crippen LogP contribution in [0.5, 0.6) is 0 Å². The molecular weight excluding hydrogens is 436 g/mol. The van der Waals surface area contributed by atoms with Gasteiger partial charge in [0.05, 0.1) is 23.2 Å². The lowest BCUT2D eigenvalue weighted by Crippen LogP contribution is -2.30. The van der Waals surface area contributed by atoms with Gasteiger partial charge in [0, 0.05) is 29.7 Å². The Kier molecular flexibility index (Phi) is 5.46. The van der Waals surface area contributed by atoms with E-state index < -0.39 is 17.2 Å². The molecule has 0 atom stereocenters. The van der Waals surface area contributed by atoms with Crippen LogP contribution in [0.4, 0.5) is 5.69 Å². The third-order valence-corrected chi connectivity index (χ3v) is 5.49. The number of carbonyl (C=O) groups excluding carboxylic acids is 2. The molecule has 2 amide bonds. The molecule has 1 aliphatic rings. The SMILES string of the molecule is O=C(NCc1ccccn1)c1cccc(NC(=O)c2cnc3c(c2)c(=O)[nH]c(=O)n3C2CC2)c1. The lowest BCUT2D eigenvalue weighted by Gasteiger charge is -2.10. The number of nitrogens with one attached hydrogen (secondary N) is 3. The molecule has 0 bridgehead atoms. The first-order valence-electron chi connectivity index (χ1n) is 10.7. The number of fused-ring (bicyclic) bond motifs is 1. The van der Waals surface area contributed by atoms with Crippen LogP contribution in [0.3, 0.4) is 0 Å². The minimum atomic E-state index is -0.592. The molecule has 10 nitrogen and oxygen atoms in total. The molecule has 1 aromatic carbocycles.